The second-order valence-electron chi connectivity index (χ2n) is 4.44. The van der Waals surface area contributed by atoms with Gasteiger partial charge in [-0.25, -0.2) is 0 Å². The maximum absolute atomic E-state index is 11.8. The Morgan fingerprint density at radius 1 is 1.33 bits per heavy atom. The number of allylic oxidation sites excluding steroid dienone is 3. The summed E-state index contributed by atoms with van der Waals surface area (Å²) in [6.07, 6.45) is 4.95. The van der Waals surface area contributed by atoms with Crippen molar-refractivity contribution < 1.29 is 14.6 Å². The van der Waals surface area contributed by atoms with Gasteiger partial charge in [0, 0.05) is 17.6 Å². The van der Waals surface area contributed by atoms with Crippen LogP contribution in [0.25, 0.3) is 6.08 Å². The second-order valence-corrected chi connectivity index (χ2v) is 4.44. The van der Waals surface area contributed by atoms with Gasteiger partial charge in [0.2, 0.25) is 0 Å². The Balaban J connectivity index is 2.43. The molecule has 1 aliphatic carbocycles. The van der Waals surface area contributed by atoms with Crippen molar-refractivity contribution in [3.8, 4) is 11.5 Å². The molecule has 0 amide bonds. The number of phenols is 1. The minimum Gasteiger partial charge on any atom is -0.507 e. The summed E-state index contributed by atoms with van der Waals surface area (Å²) >= 11 is 0. The van der Waals surface area contributed by atoms with Crippen LogP contribution in [0.2, 0.25) is 0 Å². The Bertz CT molecular complexity index is 539. The predicted octanol–water partition coefficient (Wildman–Crippen LogP) is 3.09. The van der Waals surface area contributed by atoms with Crippen LogP contribution in [0.4, 0.5) is 0 Å². The lowest BCUT2D eigenvalue weighted by molar-refractivity contribution is -0.115. The van der Waals surface area contributed by atoms with Crippen molar-refractivity contribution >= 4 is 11.9 Å². The van der Waals surface area contributed by atoms with Crippen LogP contribution in [0, 0.1) is 0 Å². The lowest BCUT2D eigenvalue weighted by atomic mass is 9.93. The Labute approximate surface area is 106 Å². The van der Waals surface area contributed by atoms with E-state index in [1.165, 1.54) is 5.57 Å². The third-order valence-corrected chi connectivity index (χ3v) is 3.02. The molecule has 2 rings (SSSR count). The Hall–Kier alpha value is -2.03. The molecular weight excluding hydrogens is 228 g/mol. The number of Topliss-reactive ketones (excluding diaryl/α,β-unsaturated/α-hetero) is 1. The van der Waals surface area contributed by atoms with Crippen molar-refractivity contribution in [2.24, 2.45) is 0 Å². The zero-order valence-electron chi connectivity index (χ0n) is 10.6. The average molecular weight is 244 g/mol. The summed E-state index contributed by atoms with van der Waals surface area (Å²) in [5.41, 5.74) is 2.43. The highest BCUT2D eigenvalue weighted by Gasteiger charge is 2.14. The number of phenolic OH excluding ortho intramolecular Hbond substituents is 1. The molecule has 1 aromatic rings. The molecule has 0 spiro atoms. The van der Waals surface area contributed by atoms with Gasteiger partial charge in [-0.3, -0.25) is 4.79 Å². The summed E-state index contributed by atoms with van der Waals surface area (Å²) < 4.78 is 5.11. The summed E-state index contributed by atoms with van der Waals surface area (Å²) in [6, 6.07) is 4.96. The van der Waals surface area contributed by atoms with Crippen LogP contribution < -0.4 is 4.74 Å². The van der Waals surface area contributed by atoms with Crippen molar-refractivity contribution in [3.05, 3.63) is 41.0 Å². The molecule has 0 atom stereocenters. The summed E-state index contributed by atoms with van der Waals surface area (Å²) in [4.78, 5) is 11.8. The molecule has 1 aliphatic rings. The van der Waals surface area contributed by atoms with Crippen LogP contribution in [0.3, 0.4) is 0 Å². The summed E-state index contributed by atoms with van der Waals surface area (Å²) in [7, 11) is 1.57. The van der Waals surface area contributed by atoms with Gasteiger partial charge in [-0.2, -0.15) is 0 Å². The molecule has 1 N–H and O–H groups in total. The minimum atomic E-state index is 0.114. The third-order valence-electron chi connectivity index (χ3n) is 3.02. The van der Waals surface area contributed by atoms with Gasteiger partial charge < -0.3 is 9.84 Å². The van der Waals surface area contributed by atoms with Crippen molar-refractivity contribution in [2.75, 3.05) is 7.11 Å². The molecular formula is C15H16O3. The van der Waals surface area contributed by atoms with Gasteiger partial charge in [-0.05, 0) is 37.6 Å². The van der Waals surface area contributed by atoms with Gasteiger partial charge in [0.15, 0.2) is 5.78 Å². The third kappa shape index (κ3) is 2.62. The molecule has 3 heteroatoms. The number of rotatable bonds is 2. The fourth-order valence-corrected chi connectivity index (χ4v) is 1.94. The Kier molecular flexibility index (Phi) is 3.51. The SMILES string of the molecule is COc1ccc(O)c(/C=C2\C=C(C)CCC2=O)c1. The zero-order chi connectivity index (χ0) is 13.1. The minimum absolute atomic E-state index is 0.114. The van der Waals surface area contributed by atoms with Crippen molar-refractivity contribution in [3.63, 3.8) is 0 Å². The normalized spacial score (nSPS) is 17.8. The number of methoxy groups -OCH3 is 1. The smallest absolute Gasteiger partial charge is 0.163 e. The molecule has 0 radical (unpaired) electrons. The monoisotopic (exact) mass is 244 g/mol. The predicted molar refractivity (Wildman–Crippen MR) is 70.6 cm³/mol. The standard InChI is InChI=1S/C15H16O3/c1-10-3-5-14(16)11(7-10)8-12-9-13(18-2)4-6-15(12)17/h4,6-9,17H,3,5H2,1-2H3/b11-8+. The highest BCUT2D eigenvalue weighted by molar-refractivity contribution is 6.03. The highest BCUT2D eigenvalue weighted by atomic mass is 16.5. The molecule has 18 heavy (non-hydrogen) atoms. The summed E-state index contributed by atoms with van der Waals surface area (Å²) in [6.45, 7) is 2.01. The lowest BCUT2D eigenvalue weighted by Crippen LogP contribution is -2.06. The molecule has 0 fully saturated rings. The van der Waals surface area contributed by atoms with Crippen LogP contribution in [0.1, 0.15) is 25.3 Å². The largest absolute Gasteiger partial charge is 0.507 e. The van der Waals surface area contributed by atoms with E-state index in [0.717, 1.165) is 6.42 Å². The number of hydrogen-bond donors (Lipinski definition) is 1. The first-order chi connectivity index (χ1) is 8.60. The van der Waals surface area contributed by atoms with Gasteiger partial charge in [0.1, 0.15) is 11.5 Å². The van der Waals surface area contributed by atoms with Crippen LogP contribution in [0.15, 0.2) is 35.4 Å². The molecule has 0 heterocycles. The molecule has 94 valence electrons. The van der Waals surface area contributed by atoms with Crippen LogP contribution in [0.5, 0.6) is 11.5 Å². The second kappa shape index (κ2) is 5.08. The van der Waals surface area contributed by atoms with Gasteiger partial charge in [0.05, 0.1) is 7.11 Å². The fourth-order valence-electron chi connectivity index (χ4n) is 1.94. The van der Waals surface area contributed by atoms with E-state index in [1.807, 2.05) is 13.0 Å². The van der Waals surface area contributed by atoms with Crippen molar-refractivity contribution in [1.29, 1.82) is 0 Å². The molecule has 1 aromatic carbocycles. The van der Waals surface area contributed by atoms with Gasteiger partial charge >= 0.3 is 0 Å². The Morgan fingerprint density at radius 3 is 2.83 bits per heavy atom. The topological polar surface area (TPSA) is 46.5 Å². The van der Waals surface area contributed by atoms with Gasteiger partial charge in [-0.15, -0.1) is 0 Å². The van der Waals surface area contributed by atoms with E-state index in [0.29, 0.717) is 23.3 Å². The number of aromatic hydroxyl groups is 1. The van der Waals surface area contributed by atoms with Crippen LogP contribution in [-0.2, 0) is 4.79 Å². The van der Waals surface area contributed by atoms with Gasteiger partial charge in [-0.1, -0.05) is 11.6 Å². The van der Waals surface area contributed by atoms with Gasteiger partial charge in [0.25, 0.3) is 0 Å². The van der Waals surface area contributed by atoms with E-state index in [1.54, 1.807) is 31.4 Å². The van der Waals surface area contributed by atoms with Crippen molar-refractivity contribution in [2.45, 2.75) is 19.8 Å². The first-order valence-corrected chi connectivity index (χ1v) is 5.89. The van der Waals surface area contributed by atoms with E-state index in [2.05, 4.69) is 0 Å². The molecule has 0 bridgehead atoms. The first kappa shape index (κ1) is 12.4. The Morgan fingerprint density at radius 2 is 2.11 bits per heavy atom. The van der Waals surface area contributed by atoms with E-state index in [-0.39, 0.29) is 11.5 Å². The number of ketones is 1. The maximum Gasteiger partial charge on any atom is 0.163 e. The average Bonchev–Trinajstić information content (AvgIpc) is 2.36. The number of benzene rings is 1. The molecule has 0 unspecified atom stereocenters. The van der Waals surface area contributed by atoms with Crippen LogP contribution >= 0.6 is 0 Å². The molecule has 3 nitrogen and oxygen atoms in total. The lowest BCUT2D eigenvalue weighted by Gasteiger charge is -2.11. The molecule has 0 saturated heterocycles. The maximum atomic E-state index is 11.8. The quantitative estimate of drug-likeness (QED) is 0.813. The van der Waals surface area contributed by atoms with E-state index in [9.17, 15) is 9.90 Å². The number of ether oxygens (including phenoxy) is 1. The van der Waals surface area contributed by atoms with E-state index >= 15 is 0 Å². The molecule has 0 aromatic heterocycles. The summed E-state index contributed by atoms with van der Waals surface area (Å²) in [5.74, 6) is 0.916. The van der Waals surface area contributed by atoms with E-state index in [4.69, 9.17) is 4.74 Å². The zero-order valence-corrected chi connectivity index (χ0v) is 10.6. The fraction of sp³-hybridized carbons (Fsp3) is 0.267. The van der Waals surface area contributed by atoms with E-state index < -0.39 is 0 Å². The highest BCUT2D eigenvalue weighted by Crippen LogP contribution is 2.27. The number of carbonyl (C=O) groups is 1. The van der Waals surface area contributed by atoms with Crippen molar-refractivity contribution in [1.82, 2.24) is 0 Å². The first-order valence-electron chi connectivity index (χ1n) is 5.89. The summed E-state index contributed by atoms with van der Waals surface area (Å²) in [5, 5.41) is 9.78. The molecule has 0 saturated carbocycles. The number of carbonyl (C=O) groups excluding carboxylic acids is 1. The van der Waals surface area contributed by atoms with Crippen LogP contribution in [-0.4, -0.2) is 18.0 Å². The molecule has 0 aliphatic heterocycles. The number of hydrogen-bond acceptors (Lipinski definition) is 3.